The van der Waals surface area contributed by atoms with E-state index in [1.807, 2.05) is 17.0 Å². The van der Waals surface area contributed by atoms with Gasteiger partial charge in [0, 0.05) is 37.5 Å². The van der Waals surface area contributed by atoms with E-state index < -0.39 is 0 Å². The summed E-state index contributed by atoms with van der Waals surface area (Å²) in [6.45, 7) is 9.47. The summed E-state index contributed by atoms with van der Waals surface area (Å²) in [7, 11) is 1.68. The van der Waals surface area contributed by atoms with Crippen molar-refractivity contribution >= 4 is 22.6 Å². The lowest BCUT2D eigenvalue weighted by Crippen LogP contribution is -2.50. The summed E-state index contributed by atoms with van der Waals surface area (Å²) in [6, 6.07) is 8.17. The van der Waals surface area contributed by atoms with Crippen molar-refractivity contribution < 1.29 is 9.53 Å². The van der Waals surface area contributed by atoms with Crippen LogP contribution in [0.3, 0.4) is 0 Å². The SMILES string of the molecule is CCC(CC)C(=O)N1CCN(c2cc(C)c3cccc(OC)c3n2)CC1. The molecule has 0 N–H and O–H groups in total. The van der Waals surface area contributed by atoms with Crippen molar-refractivity contribution in [3.05, 3.63) is 29.8 Å². The number of methoxy groups -OCH3 is 1. The van der Waals surface area contributed by atoms with Crippen LogP contribution in [0.25, 0.3) is 10.9 Å². The highest BCUT2D eigenvalue weighted by atomic mass is 16.5. The zero-order valence-electron chi connectivity index (χ0n) is 16.3. The van der Waals surface area contributed by atoms with Gasteiger partial charge in [0.25, 0.3) is 0 Å². The summed E-state index contributed by atoms with van der Waals surface area (Å²) in [4.78, 5) is 21.7. The van der Waals surface area contributed by atoms with E-state index in [-0.39, 0.29) is 5.92 Å². The van der Waals surface area contributed by atoms with Gasteiger partial charge in [-0.1, -0.05) is 26.0 Å². The van der Waals surface area contributed by atoms with E-state index in [4.69, 9.17) is 9.72 Å². The summed E-state index contributed by atoms with van der Waals surface area (Å²) in [5, 5.41) is 1.12. The molecule has 3 rings (SSSR count). The van der Waals surface area contributed by atoms with E-state index >= 15 is 0 Å². The molecule has 5 heteroatoms. The van der Waals surface area contributed by atoms with Gasteiger partial charge in [0.1, 0.15) is 17.1 Å². The normalized spacial score (nSPS) is 15.0. The van der Waals surface area contributed by atoms with Crippen molar-refractivity contribution in [1.82, 2.24) is 9.88 Å². The van der Waals surface area contributed by atoms with Crippen LogP contribution in [0.15, 0.2) is 24.3 Å². The number of aryl methyl sites for hydroxylation is 1. The number of hydrogen-bond acceptors (Lipinski definition) is 4. The number of aromatic nitrogens is 1. The van der Waals surface area contributed by atoms with E-state index in [9.17, 15) is 4.79 Å². The molecule has 2 aromatic rings. The van der Waals surface area contributed by atoms with Crippen LogP contribution in [0.1, 0.15) is 32.3 Å². The summed E-state index contributed by atoms with van der Waals surface area (Å²) < 4.78 is 5.49. The molecule has 0 bridgehead atoms. The first-order chi connectivity index (χ1) is 12.6. The van der Waals surface area contributed by atoms with Crippen molar-refractivity contribution in [2.75, 3.05) is 38.2 Å². The lowest BCUT2D eigenvalue weighted by atomic mass is 10.0. The Bertz CT molecular complexity index is 778. The van der Waals surface area contributed by atoms with Crippen molar-refractivity contribution in [2.24, 2.45) is 5.92 Å². The first kappa shape index (κ1) is 18.5. The molecule has 1 aromatic carbocycles. The van der Waals surface area contributed by atoms with Crippen LogP contribution < -0.4 is 9.64 Å². The number of ether oxygens (including phenoxy) is 1. The zero-order chi connectivity index (χ0) is 18.7. The Hall–Kier alpha value is -2.30. The molecule has 1 aromatic heterocycles. The zero-order valence-corrected chi connectivity index (χ0v) is 16.3. The lowest BCUT2D eigenvalue weighted by Gasteiger charge is -2.37. The first-order valence-corrected chi connectivity index (χ1v) is 9.57. The molecule has 0 saturated carbocycles. The number of amides is 1. The molecular formula is C21H29N3O2. The highest BCUT2D eigenvalue weighted by Crippen LogP contribution is 2.29. The Labute approximate surface area is 156 Å². The van der Waals surface area contributed by atoms with Gasteiger partial charge in [-0.3, -0.25) is 4.79 Å². The molecule has 1 aliphatic heterocycles. The number of rotatable bonds is 5. The van der Waals surface area contributed by atoms with Gasteiger partial charge in [-0.05, 0) is 37.5 Å². The monoisotopic (exact) mass is 355 g/mol. The second kappa shape index (κ2) is 7.94. The second-order valence-corrected chi connectivity index (χ2v) is 6.98. The molecule has 1 fully saturated rings. The summed E-state index contributed by atoms with van der Waals surface area (Å²) >= 11 is 0. The standard InChI is InChI=1S/C21H29N3O2/c1-5-16(6-2)21(25)24-12-10-23(11-13-24)19-14-15(3)17-8-7-9-18(26-4)20(17)22-19/h7-9,14,16H,5-6,10-13H2,1-4H3. The summed E-state index contributed by atoms with van der Waals surface area (Å²) in [5.74, 6) is 2.23. The number of benzene rings is 1. The molecular weight excluding hydrogens is 326 g/mol. The van der Waals surface area contributed by atoms with Crippen molar-refractivity contribution in [3.63, 3.8) is 0 Å². The molecule has 1 amide bonds. The van der Waals surface area contributed by atoms with Crippen LogP contribution in [-0.4, -0.2) is 49.1 Å². The smallest absolute Gasteiger partial charge is 0.225 e. The van der Waals surface area contributed by atoms with E-state index in [2.05, 4.69) is 37.8 Å². The maximum absolute atomic E-state index is 12.6. The summed E-state index contributed by atoms with van der Waals surface area (Å²) in [5.41, 5.74) is 2.10. The Balaban J connectivity index is 1.78. The largest absolute Gasteiger partial charge is 0.494 e. The fraction of sp³-hybridized carbons (Fsp3) is 0.524. The van der Waals surface area contributed by atoms with Gasteiger partial charge in [0.2, 0.25) is 5.91 Å². The molecule has 2 heterocycles. The molecule has 140 valence electrons. The van der Waals surface area contributed by atoms with Crippen LogP contribution in [0, 0.1) is 12.8 Å². The number of piperazine rings is 1. The van der Waals surface area contributed by atoms with Crippen molar-refractivity contribution in [2.45, 2.75) is 33.6 Å². The number of carbonyl (C=O) groups is 1. The van der Waals surface area contributed by atoms with Crippen LogP contribution in [0.5, 0.6) is 5.75 Å². The van der Waals surface area contributed by atoms with E-state index in [1.165, 1.54) is 5.56 Å². The predicted octanol–water partition coefficient (Wildman–Crippen LogP) is 3.64. The number of para-hydroxylation sites is 1. The average Bonchev–Trinajstić information content (AvgIpc) is 2.68. The third-order valence-electron chi connectivity index (χ3n) is 5.47. The molecule has 0 atom stereocenters. The average molecular weight is 355 g/mol. The molecule has 0 radical (unpaired) electrons. The highest BCUT2D eigenvalue weighted by molar-refractivity contribution is 5.89. The third-order valence-corrected chi connectivity index (χ3v) is 5.47. The fourth-order valence-corrected chi connectivity index (χ4v) is 3.75. The Morgan fingerprint density at radius 3 is 2.50 bits per heavy atom. The third kappa shape index (κ3) is 3.48. The van der Waals surface area contributed by atoms with Crippen LogP contribution >= 0.6 is 0 Å². The fourth-order valence-electron chi connectivity index (χ4n) is 3.75. The number of hydrogen-bond donors (Lipinski definition) is 0. The lowest BCUT2D eigenvalue weighted by molar-refractivity contribution is -0.136. The molecule has 5 nitrogen and oxygen atoms in total. The number of carbonyl (C=O) groups excluding carboxylic acids is 1. The molecule has 0 unspecified atom stereocenters. The summed E-state index contributed by atoms with van der Waals surface area (Å²) in [6.07, 6.45) is 1.83. The van der Waals surface area contributed by atoms with Crippen LogP contribution in [-0.2, 0) is 4.79 Å². The van der Waals surface area contributed by atoms with E-state index in [1.54, 1.807) is 7.11 Å². The maximum Gasteiger partial charge on any atom is 0.225 e. The van der Waals surface area contributed by atoms with Gasteiger partial charge in [0.05, 0.1) is 7.11 Å². The minimum atomic E-state index is 0.159. The number of anilines is 1. The molecule has 1 saturated heterocycles. The van der Waals surface area contributed by atoms with Crippen LogP contribution in [0.4, 0.5) is 5.82 Å². The van der Waals surface area contributed by atoms with Gasteiger partial charge in [-0.15, -0.1) is 0 Å². The van der Waals surface area contributed by atoms with Gasteiger partial charge < -0.3 is 14.5 Å². The van der Waals surface area contributed by atoms with Crippen molar-refractivity contribution in [1.29, 1.82) is 0 Å². The number of pyridine rings is 1. The number of fused-ring (bicyclic) bond motifs is 1. The Kier molecular flexibility index (Phi) is 5.64. The van der Waals surface area contributed by atoms with E-state index in [0.29, 0.717) is 5.91 Å². The quantitative estimate of drug-likeness (QED) is 0.821. The van der Waals surface area contributed by atoms with E-state index in [0.717, 1.165) is 61.5 Å². The minimum Gasteiger partial charge on any atom is -0.494 e. The first-order valence-electron chi connectivity index (χ1n) is 9.57. The van der Waals surface area contributed by atoms with Gasteiger partial charge in [0.15, 0.2) is 0 Å². The number of nitrogens with zero attached hydrogens (tertiary/aromatic N) is 3. The maximum atomic E-state index is 12.6. The molecule has 26 heavy (non-hydrogen) atoms. The molecule has 0 spiro atoms. The predicted molar refractivity (Wildman–Crippen MR) is 106 cm³/mol. The Morgan fingerprint density at radius 2 is 1.88 bits per heavy atom. The van der Waals surface area contributed by atoms with Gasteiger partial charge in [-0.2, -0.15) is 0 Å². The second-order valence-electron chi connectivity index (χ2n) is 6.98. The van der Waals surface area contributed by atoms with Crippen molar-refractivity contribution in [3.8, 4) is 5.75 Å². The topological polar surface area (TPSA) is 45.7 Å². The van der Waals surface area contributed by atoms with Gasteiger partial charge in [-0.25, -0.2) is 4.98 Å². The van der Waals surface area contributed by atoms with Crippen LogP contribution in [0.2, 0.25) is 0 Å². The molecule has 0 aliphatic carbocycles. The Morgan fingerprint density at radius 1 is 1.19 bits per heavy atom. The molecule has 1 aliphatic rings. The highest BCUT2D eigenvalue weighted by Gasteiger charge is 2.26. The minimum absolute atomic E-state index is 0.159. The van der Waals surface area contributed by atoms with Gasteiger partial charge >= 0.3 is 0 Å².